The molecule has 0 fully saturated rings. The van der Waals surface area contributed by atoms with Crippen molar-refractivity contribution in [1.29, 1.82) is 0 Å². The van der Waals surface area contributed by atoms with Crippen molar-refractivity contribution in [2.45, 2.75) is 26.8 Å². The van der Waals surface area contributed by atoms with E-state index >= 15 is 0 Å². The van der Waals surface area contributed by atoms with Crippen LogP contribution in [0, 0.1) is 5.92 Å². The van der Waals surface area contributed by atoms with Crippen LogP contribution in [0.1, 0.15) is 19.5 Å². The summed E-state index contributed by atoms with van der Waals surface area (Å²) >= 11 is 0. The van der Waals surface area contributed by atoms with Gasteiger partial charge in [-0.05, 0) is 36.4 Å². The molecule has 1 heterocycles. The van der Waals surface area contributed by atoms with Crippen molar-refractivity contribution >= 4 is 10.9 Å². The van der Waals surface area contributed by atoms with Crippen molar-refractivity contribution in [2.75, 3.05) is 6.54 Å². The van der Waals surface area contributed by atoms with Crippen LogP contribution in [0.3, 0.4) is 0 Å². The third-order valence-corrected chi connectivity index (χ3v) is 2.84. The maximum absolute atomic E-state index is 5.67. The Labute approximate surface area is 97.1 Å². The summed E-state index contributed by atoms with van der Waals surface area (Å²) in [6.45, 7) is 6.29. The number of fused-ring (bicyclic) bond motifs is 1. The lowest BCUT2D eigenvalue weighted by atomic mass is 10.2. The number of aromatic nitrogens is 1. The van der Waals surface area contributed by atoms with Crippen LogP contribution in [0.2, 0.25) is 0 Å². The van der Waals surface area contributed by atoms with Crippen LogP contribution in [-0.2, 0) is 13.0 Å². The molecule has 0 amide bonds. The maximum Gasteiger partial charge on any atom is 0.0482 e. The second-order valence-corrected chi connectivity index (χ2v) is 4.74. The molecule has 0 saturated carbocycles. The molecule has 86 valence electrons. The van der Waals surface area contributed by atoms with Crippen LogP contribution in [0.4, 0.5) is 0 Å². The fourth-order valence-corrected chi connectivity index (χ4v) is 2.20. The highest BCUT2D eigenvalue weighted by Gasteiger charge is 2.08. The maximum atomic E-state index is 5.67. The molecule has 0 bridgehead atoms. The first-order chi connectivity index (χ1) is 7.72. The van der Waals surface area contributed by atoms with E-state index in [9.17, 15) is 0 Å². The van der Waals surface area contributed by atoms with Gasteiger partial charge in [0.1, 0.15) is 0 Å². The quantitative estimate of drug-likeness (QED) is 0.837. The van der Waals surface area contributed by atoms with E-state index in [0.717, 1.165) is 13.0 Å². The van der Waals surface area contributed by atoms with E-state index in [2.05, 4.69) is 48.7 Å². The van der Waals surface area contributed by atoms with Gasteiger partial charge in [-0.3, -0.25) is 0 Å². The molecule has 0 saturated heterocycles. The molecule has 2 N–H and O–H groups in total. The smallest absolute Gasteiger partial charge is 0.0482 e. The van der Waals surface area contributed by atoms with Crippen LogP contribution in [0.25, 0.3) is 10.9 Å². The molecular weight excluding hydrogens is 196 g/mol. The number of nitrogens with zero attached hydrogens (tertiary/aromatic N) is 1. The first-order valence-corrected chi connectivity index (χ1v) is 5.99. The summed E-state index contributed by atoms with van der Waals surface area (Å²) in [6, 6.07) is 10.8. The topological polar surface area (TPSA) is 30.9 Å². The summed E-state index contributed by atoms with van der Waals surface area (Å²) in [5, 5.41) is 1.33. The SMILES string of the molecule is CC(C)Cn1c(CCN)cc2ccccc21. The van der Waals surface area contributed by atoms with E-state index in [0.29, 0.717) is 12.5 Å². The molecule has 2 heteroatoms. The summed E-state index contributed by atoms with van der Waals surface area (Å²) in [4.78, 5) is 0. The Hall–Kier alpha value is -1.28. The van der Waals surface area contributed by atoms with E-state index in [1.807, 2.05) is 0 Å². The lowest BCUT2D eigenvalue weighted by Gasteiger charge is -2.12. The van der Waals surface area contributed by atoms with E-state index in [1.54, 1.807) is 0 Å². The van der Waals surface area contributed by atoms with Gasteiger partial charge in [-0.2, -0.15) is 0 Å². The first-order valence-electron chi connectivity index (χ1n) is 5.99. The minimum atomic E-state index is 0.660. The molecule has 0 aliphatic heterocycles. The lowest BCUT2D eigenvalue weighted by Crippen LogP contribution is -2.11. The minimum Gasteiger partial charge on any atom is -0.344 e. The van der Waals surface area contributed by atoms with Gasteiger partial charge >= 0.3 is 0 Å². The highest BCUT2D eigenvalue weighted by Crippen LogP contribution is 2.21. The number of hydrogen-bond acceptors (Lipinski definition) is 1. The molecule has 0 atom stereocenters. The average molecular weight is 216 g/mol. The average Bonchev–Trinajstić information content (AvgIpc) is 2.57. The van der Waals surface area contributed by atoms with Gasteiger partial charge in [-0.25, -0.2) is 0 Å². The van der Waals surface area contributed by atoms with E-state index < -0.39 is 0 Å². The molecular formula is C14H20N2. The number of hydrogen-bond donors (Lipinski definition) is 1. The number of para-hydroxylation sites is 1. The molecule has 16 heavy (non-hydrogen) atoms. The summed E-state index contributed by atoms with van der Waals surface area (Å²) < 4.78 is 2.41. The van der Waals surface area contributed by atoms with Crippen LogP contribution in [0.15, 0.2) is 30.3 Å². The van der Waals surface area contributed by atoms with E-state index in [-0.39, 0.29) is 0 Å². The van der Waals surface area contributed by atoms with Crippen molar-refractivity contribution in [3.63, 3.8) is 0 Å². The zero-order valence-electron chi connectivity index (χ0n) is 10.1. The Morgan fingerprint density at radius 1 is 1.25 bits per heavy atom. The lowest BCUT2D eigenvalue weighted by molar-refractivity contribution is 0.522. The number of benzene rings is 1. The molecule has 2 rings (SSSR count). The van der Waals surface area contributed by atoms with Crippen LogP contribution < -0.4 is 5.73 Å². The Kier molecular flexibility index (Phi) is 3.30. The molecule has 0 aliphatic rings. The third kappa shape index (κ3) is 2.12. The third-order valence-electron chi connectivity index (χ3n) is 2.84. The van der Waals surface area contributed by atoms with Crippen molar-refractivity contribution < 1.29 is 0 Å². The summed E-state index contributed by atoms with van der Waals surface area (Å²) in [7, 11) is 0. The Morgan fingerprint density at radius 3 is 2.69 bits per heavy atom. The molecule has 1 aromatic heterocycles. The van der Waals surface area contributed by atoms with Gasteiger partial charge in [0.15, 0.2) is 0 Å². The standard InChI is InChI=1S/C14H20N2/c1-11(2)10-16-13(7-8-15)9-12-5-3-4-6-14(12)16/h3-6,9,11H,7-8,10,15H2,1-2H3. The Balaban J connectivity index is 2.50. The first kappa shape index (κ1) is 11.2. The zero-order valence-corrected chi connectivity index (χ0v) is 10.1. The molecule has 0 unspecified atom stereocenters. The number of nitrogens with two attached hydrogens (primary N) is 1. The van der Waals surface area contributed by atoms with Gasteiger partial charge in [0.25, 0.3) is 0 Å². The van der Waals surface area contributed by atoms with Gasteiger partial charge in [-0.15, -0.1) is 0 Å². The van der Waals surface area contributed by atoms with Crippen molar-refractivity contribution in [1.82, 2.24) is 4.57 Å². The second kappa shape index (κ2) is 4.71. The predicted octanol–water partition coefficient (Wildman–Crippen LogP) is 2.80. The Bertz CT molecular complexity index is 469. The van der Waals surface area contributed by atoms with Crippen LogP contribution >= 0.6 is 0 Å². The number of rotatable bonds is 4. The van der Waals surface area contributed by atoms with Gasteiger partial charge in [0.05, 0.1) is 0 Å². The fourth-order valence-electron chi connectivity index (χ4n) is 2.20. The summed E-state index contributed by atoms with van der Waals surface area (Å²) in [5.74, 6) is 0.660. The normalized spacial score (nSPS) is 11.5. The molecule has 2 aromatic rings. The van der Waals surface area contributed by atoms with Gasteiger partial charge in [0, 0.05) is 17.8 Å². The minimum absolute atomic E-state index is 0.660. The highest BCUT2D eigenvalue weighted by molar-refractivity contribution is 5.81. The largest absolute Gasteiger partial charge is 0.344 e. The van der Waals surface area contributed by atoms with Gasteiger partial charge < -0.3 is 10.3 Å². The van der Waals surface area contributed by atoms with Crippen molar-refractivity contribution in [3.8, 4) is 0 Å². The van der Waals surface area contributed by atoms with E-state index in [4.69, 9.17) is 5.73 Å². The second-order valence-electron chi connectivity index (χ2n) is 4.74. The predicted molar refractivity (Wildman–Crippen MR) is 69.5 cm³/mol. The summed E-state index contributed by atoms with van der Waals surface area (Å²) in [5.41, 5.74) is 8.36. The monoisotopic (exact) mass is 216 g/mol. The molecule has 2 nitrogen and oxygen atoms in total. The fraction of sp³-hybridized carbons (Fsp3) is 0.429. The van der Waals surface area contributed by atoms with Gasteiger partial charge in [0.2, 0.25) is 0 Å². The Morgan fingerprint density at radius 2 is 2.00 bits per heavy atom. The van der Waals surface area contributed by atoms with Crippen LogP contribution in [0.5, 0.6) is 0 Å². The highest BCUT2D eigenvalue weighted by atomic mass is 15.0. The molecule has 0 radical (unpaired) electrons. The van der Waals surface area contributed by atoms with Gasteiger partial charge in [-0.1, -0.05) is 32.0 Å². The molecule has 0 spiro atoms. The molecule has 0 aliphatic carbocycles. The van der Waals surface area contributed by atoms with Crippen molar-refractivity contribution in [2.24, 2.45) is 11.7 Å². The summed E-state index contributed by atoms with van der Waals surface area (Å²) in [6.07, 6.45) is 0.960. The van der Waals surface area contributed by atoms with Crippen molar-refractivity contribution in [3.05, 3.63) is 36.0 Å². The van der Waals surface area contributed by atoms with Crippen LogP contribution in [-0.4, -0.2) is 11.1 Å². The van der Waals surface area contributed by atoms with E-state index in [1.165, 1.54) is 16.6 Å². The molecule has 1 aromatic carbocycles. The zero-order chi connectivity index (χ0) is 11.5.